The fraction of sp³-hybridized carbons (Fsp3) is 0.407. The maximum absolute atomic E-state index is 12.6. The van der Waals surface area contributed by atoms with E-state index in [-0.39, 0.29) is 18.1 Å². The maximum atomic E-state index is 12.6. The van der Waals surface area contributed by atoms with E-state index in [1.54, 1.807) is 12.1 Å². The van der Waals surface area contributed by atoms with E-state index in [4.69, 9.17) is 9.26 Å². The summed E-state index contributed by atoms with van der Waals surface area (Å²) >= 11 is 0. The number of nitrogens with one attached hydrogen (secondary N) is 1. The molecule has 8 heteroatoms. The van der Waals surface area contributed by atoms with Crippen LogP contribution in [-0.4, -0.2) is 46.7 Å². The number of amides is 1. The molecule has 0 bridgehead atoms. The van der Waals surface area contributed by atoms with Crippen LogP contribution in [0.3, 0.4) is 0 Å². The number of carbonyl (C=O) groups excluding carboxylic acids is 1. The number of nitriles is 1. The van der Waals surface area contributed by atoms with Crippen molar-refractivity contribution in [2.45, 2.75) is 51.7 Å². The third-order valence-corrected chi connectivity index (χ3v) is 6.55. The zero-order valence-corrected chi connectivity index (χ0v) is 20.1. The quantitative estimate of drug-likeness (QED) is 0.549. The van der Waals surface area contributed by atoms with Gasteiger partial charge in [-0.05, 0) is 81.9 Å². The highest BCUT2D eigenvalue weighted by Crippen LogP contribution is 2.37. The molecule has 1 N–H and O–H groups in total. The Morgan fingerprint density at radius 3 is 2.89 bits per heavy atom. The van der Waals surface area contributed by atoms with Gasteiger partial charge in [0.05, 0.1) is 24.3 Å². The minimum atomic E-state index is -0.0306. The lowest BCUT2D eigenvalue weighted by Gasteiger charge is -2.18. The van der Waals surface area contributed by atoms with Gasteiger partial charge < -0.3 is 14.6 Å². The molecule has 0 radical (unpaired) electrons. The van der Waals surface area contributed by atoms with Crippen LogP contribution in [-0.2, 0) is 11.2 Å². The lowest BCUT2D eigenvalue weighted by molar-refractivity contribution is -0.122. The molecular weight excluding hydrogens is 442 g/mol. The van der Waals surface area contributed by atoms with Gasteiger partial charge in [-0.15, -0.1) is 0 Å². The second kappa shape index (κ2) is 9.88. The first-order valence-corrected chi connectivity index (χ1v) is 12.2. The van der Waals surface area contributed by atoms with E-state index in [0.29, 0.717) is 35.1 Å². The Kier molecular flexibility index (Phi) is 6.51. The van der Waals surface area contributed by atoms with Crippen molar-refractivity contribution in [3.8, 4) is 34.7 Å². The summed E-state index contributed by atoms with van der Waals surface area (Å²) in [6.45, 7) is 6.30. The first kappa shape index (κ1) is 23.1. The van der Waals surface area contributed by atoms with Crippen LogP contribution >= 0.6 is 0 Å². The molecular formula is C27H29N5O3. The number of hydrogen-bond donors (Lipinski definition) is 1. The van der Waals surface area contributed by atoms with Crippen LogP contribution in [0.5, 0.6) is 5.75 Å². The van der Waals surface area contributed by atoms with Gasteiger partial charge in [-0.25, -0.2) is 0 Å². The lowest BCUT2D eigenvalue weighted by Crippen LogP contribution is -2.37. The number of nitrogens with zero attached hydrogens (tertiary/aromatic N) is 4. The van der Waals surface area contributed by atoms with Crippen LogP contribution in [0.1, 0.15) is 55.8 Å². The summed E-state index contributed by atoms with van der Waals surface area (Å²) in [7, 11) is 0. The molecule has 1 aliphatic heterocycles. The molecule has 1 fully saturated rings. The third kappa shape index (κ3) is 4.91. The van der Waals surface area contributed by atoms with Crippen LogP contribution in [0.2, 0.25) is 0 Å². The molecule has 8 nitrogen and oxygen atoms in total. The van der Waals surface area contributed by atoms with Crippen molar-refractivity contribution in [3.05, 3.63) is 53.1 Å². The summed E-state index contributed by atoms with van der Waals surface area (Å²) in [5.41, 5.74) is 4.25. The van der Waals surface area contributed by atoms with Crippen molar-refractivity contribution in [2.24, 2.45) is 0 Å². The van der Waals surface area contributed by atoms with Crippen molar-refractivity contribution in [2.75, 3.05) is 19.6 Å². The Morgan fingerprint density at radius 1 is 1.29 bits per heavy atom. The first-order valence-electron chi connectivity index (χ1n) is 12.2. The highest BCUT2D eigenvalue weighted by atomic mass is 16.5. The van der Waals surface area contributed by atoms with Crippen LogP contribution < -0.4 is 10.1 Å². The average molecular weight is 472 g/mol. The SMILES string of the molecule is CC(C)Oc1ccc(-c2nc(-c3cccc4c3CC[C@H]4NC(=O)CN3CCCC3)no2)cc1C#N. The average Bonchev–Trinajstić information content (AvgIpc) is 3.61. The third-order valence-electron chi connectivity index (χ3n) is 6.55. The molecule has 1 saturated heterocycles. The summed E-state index contributed by atoms with van der Waals surface area (Å²) in [6, 6.07) is 13.5. The maximum Gasteiger partial charge on any atom is 0.258 e. The summed E-state index contributed by atoms with van der Waals surface area (Å²) in [5.74, 6) is 1.46. The number of aromatic nitrogens is 2. The normalized spacial score (nSPS) is 17.4. The smallest absolute Gasteiger partial charge is 0.258 e. The van der Waals surface area contributed by atoms with Gasteiger partial charge in [-0.2, -0.15) is 10.2 Å². The van der Waals surface area contributed by atoms with Crippen LogP contribution in [0, 0.1) is 11.3 Å². The highest BCUT2D eigenvalue weighted by molar-refractivity contribution is 5.79. The Morgan fingerprint density at radius 2 is 2.11 bits per heavy atom. The van der Waals surface area contributed by atoms with Crippen LogP contribution in [0.15, 0.2) is 40.9 Å². The second-order valence-electron chi connectivity index (χ2n) is 9.43. The molecule has 3 aromatic rings. The molecule has 2 aromatic carbocycles. The van der Waals surface area contributed by atoms with Gasteiger partial charge in [-0.1, -0.05) is 23.4 Å². The Labute approximate surface area is 204 Å². The molecule has 1 aliphatic carbocycles. The molecule has 5 rings (SSSR count). The molecule has 1 atom stereocenters. The zero-order chi connectivity index (χ0) is 24.4. The minimum Gasteiger partial charge on any atom is -0.490 e. The fourth-order valence-corrected chi connectivity index (χ4v) is 4.95. The van der Waals surface area contributed by atoms with Gasteiger partial charge in [0.15, 0.2) is 0 Å². The summed E-state index contributed by atoms with van der Waals surface area (Å²) in [5, 5.41) is 17.0. The van der Waals surface area contributed by atoms with Gasteiger partial charge in [0.1, 0.15) is 11.8 Å². The topological polar surface area (TPSA) is 104 Å². The zero-order valence-electron chi connectivity index (χ0n) is 20.1. The van der Waals surface area contributed by atoms with Gasteiger partial charge >= 0.3 is 0 Å². The van der Waals surface area contributed by atoms with E-state index in [1.165, 1.54) is 12.8 Å². The van der Waals surface area contributed by atoms with Gasteiger partial charge in [0.2, 0.25) is 11.7 Å². The number of carbonyl (C=O) groups is 1. The number of rotatable bonds is 7. The molecule has 35 heavy (non-hydrogen) atoms. The van der Waals surface area contributed by atoms with E-state index < -0.39 is 0 Å². The van der Waals surface area contributed by atoms with Gasteiger partial charge in [0, 0.05) is 11.1 Å². The van der Waals surface area contributed by atoms with Gasteiger partial charge in [0.25, 0.3) is 5.89 Å². The molecule has 0 spiro atoms. The van der Waals surface area contributed by atoms with Crippen molar-refractivity contribution >= 4 is 5.91 Å². The molecule has 180 valence electrons. The molecule has 1 amide bonds. The second-order valence-corrected chi connectivity index (χ2v) is 9.43. The first-order chi connectivity index (χ1) is 17.0. The van der Waals surface area contributed by atoms with E-state index >= 15 is 0 Å². The Balaban J connectivity index is 1.35. The van der Waals surface area contributed by atoms with Gasteiger partial charge in [-0.3, -0.25) is 9.69 Å². The number of benzene rings is 2. The number of hydrogen-bond acceptors (Lipinski definition) is 7. The summed E-state index contributed by atoms with van der Waals surface area (Å²) in [6.07, 6.45) is 4.00. The Bertz CT molecular complexity index is 1270. The van der Waals surface area contributed by atoms with Crippen molar-refractivity contribution in [1.29, 1.82) is 5.26 Å². The molecule has 2 heterocycles. The van der Waals surface area contributed by atoms with Crippen molar-refractivity contribution < 1.29 is 14.1 Å². The predicted octanol–water partition coefficient (Wildman–Crippen LogP) is 4.26. The lowest BCUT2D eigenvalue weighted by atomic mass is 10.0. The van der Waals surface area contributed by atoms with E-state index in [0.717, 1.165) is 42.6 Å². The van der Waals surface area contributed by atoms with Crippen LogP contribution in [0.25, 0.3) is 22.8 Å². The number of fused-ring (bicyclic) bond motifs is 1. The fourth-order valence-electron chi connectivity index (χ4n) is 4.95. The monoisotopic (exact) mass is 471 g/mol. The molecule has 1 aromatic heterocycles. The molecule has 0 saturated carbocycles. The molecule has 0 unspecified atom stereocenters. The van der Waals surface area contributed by atoms with E-state index in [2.05, 4.69) is 32.5 Å². The summed E-state index contributed by atoms with van der Waals surface area (Å²) < 4.78 is 11.3. The van der Waals surface area contributed by atoms with E-state index in [1.807, 2.05) is 32.0 Å². The van der Waals surface area contributed by atoms with Crippen molar-refractivity contribution in [1.82, 2.24) is 20.4 Å². The summed E-state index contributed by atoms with van der Waals surface area (Å²) in [4.78, 5) is 19.4. The Hall–Kier alpha value is -3.70. The van der Waals surface area contributed by atoms with Crippen LogP contribution in [0.4, 0.5) is 0 Å². The van der Waals surface area contributed by atoms with E-state index in [9.17, 15) is 10.1 Å². The standard InChI is InChI=1S/C27H29N5O3/c1-17(2)34-24-11-8-18(14-19(24)15-28)27-30-26(31-35-27)22-7-5-6-21-20(22)9-10-23(21)29-25(33)16-32-12-3-4-13-32/h5-8,11,14,17,23H,3-4,9-10,12-13,16H2,1-2H3,(H,29,33)/t23-/m1/s1. The minimum absolute atomic E-state index is 0.00175. The van der Waals surface area contributed by atoms with Crippen molar-refractivity contribution in [3.63, 3.8) is 0 Å². The highest BCUT2D eigenvalue weighted by Gasteiger charge is 2.28. The number of ether oxygens (including phenoxy) is 1. The molecule has 2 aliphatic rings. The largest absolute Gasteiger partial charge is 0.490 e. The predicted molar refractivity (Wildman–Crippen MR) is 131 cm³/mol. The number of likely N-dealkylation sites (tertiary alicyclic amines) is 1.